The molecule has 29 heavy (non-hydrogen) atoms. The van der Waals surface area contributed by atoms with Gasteiger partial charge in [0.2, 0.25) is 6.10 Å². The number of esters is 2. The zero-order valence-electron chi connectivity index (χ0n) is 15.8. The molecule has 5 nitrogen and oxygen atoms in total. The SMILES string of the molecule is O=C(O[C@@H]1CCOC1=O)c1c2c(nc3ccccc13)/C(=C/c1ccccc1)CC2. The molecule has 2 aliphatic rings. The van der Waals surface area contributed by atoms with Gasteiger partial charge in [0, 0.05) is 11.8 Å². The van der Waals surface area contributed by atoms with E-state index in [1.165, 1.54) is 0 Å². The summed E-state index contributed by atoms with van der Waals surface area (Å²) < 4.78 is 10.5. The van der Waals surface area contributed by atoms with Crippen molar-refractivity contribution >= 4 is 34.5 Å². The molecule has 0 unspecified atom stereocenters. The number of pyridine rings is 1. The molecule has 1 aromatic heterocycles. The van der Waals surface area contributed by atoms with E-state index in [2.05, 4.69) is 6.08 Å². The minimum Gasteiger partial charge on any atom is -0.463 e. The smallest absolute Gasteiger partial charge is 0.347 e. The number of benzene rings is 2. The lowest BCUT2D eigenvalue weighted by Gasteiger charge is -2.14. The lowest BCUT2D eigenvalue weighted by Crippen LogP contribution is -2.23. The van der Waals surface area contributed by atoms with Crippen LogP contribution in [0.15, 0.2) is 54.6 Å². The van der Waals surface area contributed by atoms with E-state index in [0.717, 1.165) is 39.7 Å². The van der Waals surface area contributed by atoms with Gasteiger partial charge in [-0.05, 0) is 41.7 Å². The largest absolute Gasteiger partial charge is 0.463 e. The number of carbonyl (C=O) groups excluding carboxylic acids is 2. The Morgan fingerprint density at radius 1 is 1.07 bits per heavy atom. The number of aromatic nitrogens is 1. The molecule has 1 saturated heterocycles. The highest BCUT2D eigenvalue weighted by atomic mass is 16.6. The Morgan fingerprint density at radius 2 is 1.86 bits per heavy atom. The van der Waals surface area contributed by atoms with Crippen molar-refractivity contribution in [3.8, 4) is 0 Å². The summed E-state index contributed by atoms with van der Waals surface area (Å²) in [6, 6.07) is 17.6. The summed E-state index contributed by atoms with van der Waals surface area (Å²) in [7, 11) is 0. The number of para-hydroxylation sites is 1. The van der Waals surface area contributed by atoms with Crippen LogP contribution in [0.3, 0.4) is 0 Å². The summed E-state index contributed by atoms with van der Waals surface area (Å²) >= 11 is 0. The zero-order chi connectivity index (χ0) is 19.8. The monoisotopic (exact) mass is 385 g/mol. The number of carbonyl (C=O) groups is 2. The average Bonchev–Trinajstić information content (AvgIpc) is 3.33. The summed E-state index contributed by atoms with van der Waals surface area (Å²) in [5, 5.41) is 0.753. The Labute approximate surface area is 168 Å². The van der Waals surface area contributed by atoms with Crippen molar-refractivity contribution in [3.05, 3.63) is 77.0 Å². The maximum atomic E-state index is 13.1. The summed E-state index contributed by atoms with van der Waals surface area (Å²) in [4.78, 5) is 29.7. The minimum atomic E-state index is -0.828. The minimum absolute atomic E-state index is 0.288. The Kier molecular flexibility index (Phi) is 4.35. The number of fused-ring (bicyclic) bond motifs is 2. The van der Waals surface area contributed by atoms with Crippen molar-refractivity contribution < 1.29 is 19.1 Å². The molecule has 1 fully saturated rings. The number of rotatable bonds is 3. The maximum Gasteiger partial charge on any atom is 0.347 e. The first-order valence-electron chi connectivity index (χ1n) is 9.76. The first-order valence-corrected chi connectivity index (χ1v) is 9.76. The van der Waals surface area contributed by atoms with Crippen molar-refractivity contribution in [2.75, 3.05) is 6.61 Å². The van der Waals surface area contributed by atoms with Crippen molar-refractivity contribution in [3.63, 3.8) is 0 Å². The fourth-order valence-electron chi connectivity index (χ4n) is 4.04. The standard InChI is InChI=1S/C24H19NO4/c26-23-20(12-13-28-23)29-24(27)21-17-8-4-5-9-19(17)25-22-16(10-11-18(21)22)14-15-6-2-1-3-7-15/h1-9,14,20H,10-13H2/b16-14+/t20-/m1/s1. The molecule has 0 spiro atoms. The number of hydrogen-bond donors (Lipinski definition) is 0. The van der Waals surface area contributed by atoms with Crippen LogP contribution in [-0.4, -0.2) is 29.6 Å². The molecule has 0 radical (unpaired) electrons. The highest BCUT2D eigenvalue weighted by molar-refractivity contribution is 6.07. The van der Waals surface area contributed by atoms with Gasteiger partial charge in [-0.15, -0.1) is 0 Å². The van der Waals surface area contributed by atoms with Gasteiger partial charge in [0.15, 0.2) is 0 Å². The van der Waals surface area contributed by atoms with Gasteiger partial charge in [-0.1, -0.05) is 48.5 Å². The van der Waals surface area contributed by atoms with E-state index in [9.17, 15) is 9.59 Å². The Morgan fingerprint density at radius 3 is 2.66 bits per heavy atom. The molecule has 3 aromatic rings. The zero-order valence-corrected chi connectivity index (χ0v) is 15.8. The Balaban J connectivity index is 1.62. The molecular weight excluding hydrogens is 366 g/mol. The number of ether oxygens (including phenoxy) is 2. The van der Waals surface area contributed by atoms with Crippen LogP contribution in [0.5, 0.6) is 0 Å². The third-order valence-electron chi connectivity index (χ3n) is 5.42. The van der Waals surface area contributed by atoms with Crippen LogP contribution in [0.2, 0.25) is 0 Å². The lowest BCUT2D eigenvalue weighted by molar-refractivity contribution is -0.145. The first-order chi connectivity index (χ1) is 14.2. The van der Waals surface area contributed by atoms with E-state index in [1.807, 2.05) is 54.6 Å². The average molecular weight is 385 g/mol. The van der Waals surface area contributed by atoms with E-state index in [-0.39, 0.29) is 6.61 Å². The van der Waals surface area contributed by atoms with Crippen LogP contribution in [0.4, 0.5) is 0 Å². The van der Waals surface area contributed by atoms with Gasteiger partial charge in [-0.2, -0.15) is 0 Å². The lowest BCUT2D eigenvalue weighted by atomic mass is 10.0. The molecule has 1 atom stereocenters. The van der Waals surface area contributed by atoms with Gasteiger partial charge in [0.1, 0.15) is 0 Å². The summed E-state index contributed by atoms with van der Waals surface area (Å²) in [5.41, 5.74) is 5.19. The molecule has 2 heterocycles. The van der Waals surface area contributed by atoms with Gasteiger partial charge in [-0.25, -0.2) is 14.6 Å². The van der Waals surface area contributed by atoms with Crippen LogP contribution in [0.25, 0.3) is 22.6 Å². The van der Waals surface area contributed by atoms with Crippen LogP contribution in [0, 0.1) is 0 Å². The predicted octanol–water partition coefficient (Wildman–Crippen LogP) is 4.19. The molecular formula is C24H19NO4. The Bertz CT molecular complexity index is 1150. The highest BCUT2D eigenvalue weighted by Gasteiger charge is 2.33. The van der Waals surface area contributed by atoms with Crippen molar-refractivity contribution in [2.45, 2.75) is 25.4 Å². The number of hydrogen-bond acceptors (Lipinski definition) is 5. The second-order valence-corrected chi connectivity index (χ2v) is 7.26. The van der Waals surface area contributed by atoms with E-state index in [0.29, 0.717) is 18.4 Å². The number of cyclic esters (lactones) is 1. The third-order valence-corrected chi connectivity index (χ3v) is 5.42. The Hall–Kier alpha value is -3.47. The van der Waals surface area contributed by atoms with Crippen LogP contribution in [0.1, 0.15) is 40.0 Å². The van der Waals surface area contributed by atoms with Gasteiger partial charge in [0.05, 0.1) is 23.4 Å². The molecule has 144 valence electrons. The molecule has 5 rings (SSSR count). The molecule has 0 saturated carbocycles. The molecule has 0 amide bonds. The number of allylic oxidation sites excluding steroid dienone is 1. The molecule has 1 aliphatic carbocycles. The van der Waals surface area contributed by atoms with E-state index in [4.69, 9.17) is 14.5 Å². The van der Waals surface area contributed by atoms with Crippen LogP contribution >= 0.6 is 0 Å². The third kappa shape index (κ3) is 3.18. The van der Waals surface area contributed by atoms with E-state index >= 15 is 0 Å². The fraction of sp³-hybridized carbons (Fsp3) is 0.208. The van der Waals surface area contributed by atoms with E-state index in [1.54, 1.807) is 0 Å². The van der Waals surface area contributed by atoms with E-state index < -0.39 is 18.0 Å². The highest BCUT2D eigenvalue weighted by Crippen LogP contribution is 2.38. The molecule has 0 N–H and O–H groups in total. The summed E-state index contributed by atoms with van der Waals surface area (Å²) in [5.74, 6) is -0.956. The topological polar surface area (TPSA) is 65.5 Å². The normalized spacial score (nSPS) is 19.4. The molecule has 1 aliphatic heterocycles. The van der Waals surface area contributed by atoms with Gasteiger partial charge in [-0.3, -0.25) is 0 Å². The maximum absolute atomic E-state index is 13.1. The van der Waals surface area contributed by atoms with Gasteiger partial charge in [0.25, 0.3) is 0 Å². The van der Waals surface area contributed by atoms with Crippen LogP contribution in [-0.2, 0) is 20.7 Å². The van der Waals surface area contributed by atoms with Gasteiger partial charge >= 0.3 is 11.9 Å². The summed E-state index contributed by atoms with van der Waals surface area (Å²) in [6.45, 7) is 0.288. The number of nitrogens with zero attached hydrogens (tertiary/aromatic N) is 1. The second-order valence-electron chi connectivity index (χ2n) is 7.26. The first kappa shape index (κ1) is 17.6. The fourth-order valence-corrected chi connectivity index (χ4v) is 4.04. The predicted molar refractivity (Wildman–Crippen MR) is 109 cm³/mol. The second kappa shape index (κ2) is 7.17. The van der Waals surface area contributed by atoms with Crippen LogP contribution < -0.4 is 0 Å². The molecule has 0 bridgehead atoms. The molecule has 2 aromatic carbocycles. The van der Waals surface area contributed by atoms with Gasteiger partial charge < -0.3 is 9.47 Å². The van der Waals surface area contributed by atoms with Crippen molar-refractivity contribution in [1.82, 2.24) is 4.98 Å². The molecule has 5 heteroatoms. The quantitative estimate of drug-likeness (QED) is 0.633. The van der Waals surface area contributed by atoms with Crippen molar-refractivity contribution in [1.29, 1.82) is 0 Å². The van der Waals surface area contributed by atoms with Crippen molar-refractivity contribution in [2.24, 2.45) is 0 Å². The summed E-state index contributed by atoms with van der Waals surface area (Å²) in [6.07, 6.45) is 3.21.